The van der Waals surface area contributed by atoms with E-state index in [-0.39, 0.29) is 0 Å². The molecule has 0 aromatic rings. The first-order valence-electron chi connectivity index (χ1n) is 10.8. The zero-order valence-electron chi connectivity index (χ0n) is 16.5. The van der Waals surface area contributed by atoms with Gasteiger partial charge in [-0.2, -0.15) is 0 Å². The third-order valence-electron chi connectivity index (χ3n) is 10.2. The Morgan fingerprint density at radius 3 is 2.13 bits per heavy atom. The van der Waals surface area contributed by atoms with Crippen molar-refractivity contribution in [3.8, 4) is 0 Å². The van der Waals surface area contributed by atoms with Crippen LogP contribution in [0, 0.1) is 45.8 Å². The third kappa shape index (κ3) is 2.08. The molecule has 0 saturated heterocycles. The summed E-state index contributed by atoms with van der Waals surface area (Å²) < 4.78 is 0. The lowest BCUT2D eigenvalue weighted by Gasteiger charge is -2.63. The molecular weight excluding hydrogens is 276 g/mol. The van der Waals surface area contributed by atoms with Crippen LogP contribution >= 0.6 is 0 Å². The number of fused-ring (bicyclic) bond motifs is 1. The van der Waals surface area contributed by atoms with Gasteiger partial charge < -0.3 is 0 Å². The van der Waals surface area contributed by atoms with E-state index >= 15 is 0 Å². The predicted molar refractivity (Wildman–Crippen MR) is 99.3 cm³/mol. The first kappa shape index (κ1) is 16.5. The molecule has 4 aliphatic carbocycles. The Morgan fingerprint density at radius 2 is 1.48 bits per heavy atom. The summed E-state index contributed by atoms with van der Waals surface area (Å²) in [7, 11) is 0. The molecule has 7 atom stereocenters. The van der Waals surface area contributed by atoms with Gasteiger partial charge in [0.25, 0.3) is 0 Å². The molecule has 0 heterocycles. The molecule has 4 fully saturated rings. The monoisotopic (exact) mass is 316 g/mol. The van der Waals surface area contributed by atoms with E-state index < -0.39 is 0 Å². The Labute approximate surface area is 145 Å². The zero-order valence-corrected chi connectivity index (χ0v) is 16.5. The van der Waals surface area contributed by atoms with E-state index in [1.807, 2.05) is 0 Å². The van der Waals surface area contributed by atoms with E-state index in [0.29, 0.717) is 16.2 Å². The molecule has 0 heteroatoms. The maximum absolute atomic E-state index is 2.77. The molecule has 0 amide bonds. The molecule has 132 valence electrons. The fraction of sp³-hybridized carbons (Fsp3) is 1.00. The Bertz CT molecular complexity index is 463. The van der Waals surface area contributed by atoms with Gasteiger partial charge in [-0.05, 0) is 90.8 Å². The molecule has 1 spiro atoms. The van der Waals surface area contributed by atoms with Crippen LogP contribution in [0.4, 0.5) is 0 Å². The number of hydrogen-bond donors (Lipinski definition) is 0. The van der Waals surface area contributed by atoms with Crippen molar-refractivity contribution in [2.24, 2.45) is 45.8 Å². The summed E-state index contributed by atoms with van der Waals surface area (Å²) in [5.41, 5.74) is 1.95. The van der Waals surface area contributed by atoms with E-state index in [2.05, 4.69) is 34.6 Å². The average Bonchev–Trinajstić information content (AvgIpc) is 2.62. The van der Waals surface area contributed by atoms with Gasteiger partial charge in [-0.25, -0.2) is 0 Å². The van der Waals surface area contributed by atoms with Crippen LogP contribution < -0.4 is 0 Å². The Balaban J connectivity index is 1.75. The van der Waals surface area contributed by atoms with E-state index in [1.54, 1.807) is 19.3 Å². The van der Waals surface area contributed by atoms with Gasteiger partial charge in [0.15, 0.2) is 0 Å². The maximum atomic E-state index is 2.77. The lowest BCUT2D eigenvalue weighted by molar-refractivity contribution is -0.140. The fourth-order valence-corrected chi connectivity index (χ4v) is 8.28. The minimum atomic E-state index is 0.617. The number of rotatable bonds is 1. The fourth-order valence-electron chi connectivity index (χ4n) is 8.28. The van der Waals surface area contributed by atoms with Crippen LogP contribution in [0.25, 0.3) is 0 Å². The largest absolute Gasteiger partial charge is 0.0625 e. The highest BCUT2D eigenvalue weighted by Crippen LogP contribution is 2.76. The Kier molecular flexibility index (Phi) is 3.76. The molecule has 0 aromatic heterocycles. The second-order valence-corrected chi connectivity index (χ2v) is 11.1. The van der Waals surface area contributed by atoms with Gasteiger partial charge in [0.2, 0.25) is 0 Å². The molecule has 4 saturated carbocycles. The summed E-state index contributed by atoms with van der Waals surface area (Å²) in [6.07, 6.45) is 15.3. The normalized spacial score (nSPS) is 57.3. The summed E-state index contributed by atoms with van der Waals surface area (Å²) in [5, 5.41) is 0. The maximum Gasteiger partial charge on any atom is -0.0210 e. The van der Waals surface area contributed by atoms with Crippen molar-refractivity contribution < 1.29 is 0 Å². The topological polar surface area (TPSA) is 0 Å². The number of hydrogen-bond acceptors (Lipinski definition) is 0. The quantitative estimate of drug-likeness (QED) is 0.485. The zero-order chi connectivity index (χ0) is 16.5. The van der Waals surface area contributed by atoms with Gasteiger partial charge in [0.1, 0.15) is 0 Å². The molecule has 2 bridgehead atoms. The average molecular weight is 317 g/mol. The molecule has 4 aliphatic rings. The molecule has 0 aromatic carbocycles. The van der Waals surface area contributed by atoms with Crippen LogP contribution in [-0.4, -0.2) is 0 Å². The SMILES string of the molecule is CC1CCC(C)C2CC3(CCC(C)(C4CCC4)C3(C)CC2C)C1. The smallest absolute Gasteiger partial charge is 0.0210 e. The Morgan fingerprint density at radius 1 is 0.739 bits per heavy atom. The standard InChI is InChI=1S/C23H40/c1-16-9-10-17(2)20-15-23(13-16)12-11-21(4,19-7-6-8-19)22(23,5)14-18(20)3/h16-20H,6-15H2,1-5H3. The lowest BCUT2D eigenvalue weighted by Crippen LogP contribution is -2.55. The predicted octanol–water partition coefficient (Wildman–Crippen LogP) is 7.08. The van der Waals surface area contributed by atoms with Gasteiger partial charge in [0.05, 0.1) is 0 Å². The van der Waals surface area contributed by atoms with Gasteiger partial charge >= 0.3 is 0 Å². The summed E-state index contributed by atoms with van der Waals surface area (Å²) in [5.74, 6) is 4.93. The summed E-state index contributed by atoms with van der Waals surface area (Å²) in [6.45, 7) is 13.3. The first-order chi connectivity index (χ1) is 10.8. The van der Waals surface area contributed by atoms with Crippen molar-refractivity contribution in [1.82, 2.24) is 0 Å². The minimum absolute atomic E-state index is 0.617. The van der Waals surface area contributed by atoms with Crippen molar-refractivity contribution in [3.63, 3.8) is 0 Å². The van der Waals surface area contributed by atoms with Crippen molar-refractivity contribution in [3.05, 3.63) is 0 Å². The molecule has 0 nitrogen and oxygen atoms in total. The molecule has 4 rings (SSSR count). The van der Waals surface area contributed by atoms with Crippen molar-refractivity contribution in [1.29, 1.82) is 0 Å². The molecule has 23 heavy (non-hydrogen) atoms. The highest BCUT2D eigenvalue weighted by molar-refractivity contribution is 5.17. The summed E-state index contributed by atoms with van der Waals surface area (Å²) in [4.78, 5) is 0. The highest BCUT2D eigenvalue weighted by Gasteiger charge is 2.67. The van der Waals surface area contributed by atoms with Crippen molar-refractivity contribution >= 4 is 0 Å². The van der Waals surface area contributed by atoms with Crippen LogP contribution in [-0.2, 0) is 0 Å². The van der Waals surface area contributed by atoms with Crippen LogP contribution in [0.5, 0.6) is 0 Å². The van der Waals surface area contributed by atoms with E-state index in [9.17, 15) is 0 Å². The Hall–Kier alpha value is 0. The van der Waals surface area contributed by atoms with Crippen molar-refractivity contribution in [2.45, 2.75) is 98.8 Å². The molecule has 0 radical (unpaired) electrons. The van der Waals surface area contributed by atoms with Crippen LogP contribution in [0.1, 0.15) is 98.8 Å². The lowest BCUT2D eigenvalue weighted by atomic mass is 9.42. The van der Waals surface area contributed by atoms with Gasteiger partial charge in [-0.15, -0.1) is 0 Å². The van der Waals surface area contributed by atoms with Crippen LogP contribution in [0.15, 0.2) is 0 Å². The highest BCUT2D eigenvalue weighted by atomic mass is 14.7. The van der Waals surface area contributed by atoms with Crippen LogP contribution in [0.3, 0.4) is 0 Å². The van der Waals surface area contributed by atoms with E-state index in [4.69, 9.17) is 0 Å². The van der Waals surface area contributed by atoms with E-state index in [0.717, 1.165) is 29.6 Å². The summed E-state index contributed by atoms with van der Waals surface area (Å²) in [6, 6.07) is 0. The molecule has 7 unspecified atom stereocenters. The van der Waals surface area contributed by atoms with Crippen molar-refractivity contribution in [2.75, 3.05) is 0 Å². The second kappa shape index (κ2) is 5.25. The molecular formula is C23H40. The van der Waals surface area contributed by atoms with Gasteiger partial charge in [0, 0.05) is 0 Å². The first-order valence-corrected chi connectivity index (χ1v) is 10.8. The molecule has 0 aliphatic heterocycles. The van der Waals surface area contributed by atoms with Crippen LogP contribution in [0.2, 0.25) is 0 Å². The van der Waals surface area contributed by atoms with E-state index in [1.165, 1.54) is 44.9 Å². The van der Waals surface area contributed by atoms with Gasteiger partial charge in [-0.1, -0.05) is 53.9 Å². The summed E-state index contributed by atoms with van der Waals surface area (Å²) >= 11 is 0. The third-order valence-corrected chi connectivity index (χ3v) is 10.2. The van der Waals surface area contributed by atoms with Gasteiger partial charge in [-0.3, -0.25) is 0 Å². The second-order valence-electron chi connectivity index (χ2n) is 11.1. The molecule has 0 N–H and O–H groups in total. The minimum Gasteiger partial charge on any atom is -0.0625 e.